The Hall–Kier alpha value is -1.56. The molecule has 1 aromatic heterocycles. The number of carbonyl (C=O) groups is 1. The Morgan fingerprint density at radius 3 is 2.85 bits per heavy atom. The molecule has 0 aromatic carbocycles. The average molecular weight is 282 g/mol. The van der Waals surface area contributed by atoms with Gasteiger partial charge in [0.2, 0.25) is 0 Å². The van der Waals surface area contributed by atoms with Crippen LogP contribution in [0.1, 0.15) is 56.2 Å². The van der Waals surface area contributed by atoms with E-state index in [1.165, 1.54) is 0 Å². The highest BCUT2D eigenvalue weighted by atomic mass is 16.5. The van der Waals surface area contributed by atoms with Gasteiger partial charge in [0.1, 0.15) is 0 Å². The van der Waals surface area contributed by atoms with E-state index in [0.717, 1.165) is 38.0 Å². The minimum atomic E-state index is -0.217. The number of nitrogen functional groups attached to an aromatic ring is 1. The van der Waals surface area contributed by atoms with Crippen molar-refractivity contribution in [3.8, 4) is 0 Å². The molecule has 1 rings (SSSR count). The van der Waals surface area contributed by atoms with Crippen LogP contribution in [0.3, 0.4) is 0 Å². The number of hydrogen-bond acceptors (Lipinski definition) is 4. The third-order valence-corrected chi connectivity index (χ3v) is 2.91. The Morgan fingerprint density at radius 2 is 2.20 bits per heavy atom. The third kappa shape index (κ3) is 5.21. The zero-order valence-electron chi connectivity index (χ0n) is 12.7. The van der Waals surface area contributed by atoms with Crippen molar-refractivity contribution >= 4 is 11.6 Å². The summed E-state index contributed by atoms with van der Waals surface area (Å²) in [4.78, 5) is 11.9. The van der Waals surface area contributed by atoms with Crippen LogP contribution in [0, 0.1) is 0 Å². The fourth-order valence-electron chi connectivity index (χ4n) is 1.83. The van der Waals surface area contributed by atoms with Crippen molar-refractivity contribution in [1.82, 2.24) is 15.5 Å². The number of amides is 1. The van der Waals surface area contributed by atoms with Crippen LogP contribution in [-0.4, -0.2) is 35.4 Å². The zero-order chi connectivity index (χ0) is 15.0. The summed E-state index contributed by atoms with van der Waals surface area (Å²) in [6, 6.07) is 0. The minimum absolute atomic E-state index is 0.217. The van der Waals surface area contributed by atoms with Crippen molar-refractivity contribution in [2.24, 2.45) is 0 Å². The fraction of sp³-hybridized carbons (Fsp3) is 0.714. The number of nitrogens with one attached hydrogen (secondary N) is 2. The van der Waals surface area contributed by atoms with E-state index in [-0.39, 0.29) is 12.0 Å². The zero-order valence-corrected chi connectivity index (χ0v) is 12.7. The molecular weight excluding hydrogens is 256 g/mol. The van der Waals surface area contributed by atoms with Crippen LogP contribution in [0.15, 0.2) is 0 Å². The van der Waals surface area contributed by atoms with Crippen LogP contribution in [0.2, 0.25) is 0 Å². The number of aryl methyl sites for hydroxylation is 1. The van der Waals surface area contributed by atoms with Crippen molar-refractivity contribution in [3.05, 3.63) is 11.4 Å². The van der Waals surface area contributed by atoms with E-state index in [4.69, 9.17) is 10.5 Å². The quantitative estimate of drug-likeness (QED) is 0.603. The lowest BCUT2D eigenvalue weighted by Gasteiger charge is -2.07. The van der Waals surface area contributed by atoms with Crippen LogP contribution in [0.5, 0.6) is 0 Å². The van der Waals surface area contributed by atoms with E-state index in [2.05, 4.69) is 22.4 Å². The second kappa shape index (κ2) is 8.58. The molecule has 6 nitrogen and oxygen atoms in total. The number of hydrogen-bond donors (Lipinski definition) is 3. The van der Waals surface area contributed by atoms with Gasteiger partial charge in [-0.2, -0.15) is 5.10 Å². The van der Waals surface area contributed by atoms with Crippen LogP contribution < -0.4 is 11.1 Å². The number of anilines is 1. The highest BCUT2D eigenvalue weighted by Crippen LogP contribution is 2.15. The maximum atomic E-state index is 11.9. The van der Waals surface area contributed by atoms with Crippen molar-refractivity contribution < 1.29 is 9.53 Å². The van der Waals surface area contributed by atoms with Crippen LogP contribution >= 0.6 is 0 Å². The average Bonchev–Trinajstić information content (AvgIpc) is 2.75. The smallest absolute Gasteiger partial charge is 0.273 e. The largest absolute Gasteiger partial charge is 0.395 e. The number of rotatable bonds is 9. The van der Waals surface area contributed by atoms with E-state index in [0.29, 0.717) is 17.9 Å². The molecule has 0 unspecified atom stereocenters. The van der Waals surface area contributed by atoms with Gasteiger partial charge in [-0.1, -0.05) is 13.3 Å². The maximum Gasteiger partial charge on any atom is 0.273 e. The molecular formula is C14H26N4O2. The highest BCUT2D eigenvalue weighted by molar-refractivity contribution is 5.97. The summed E-state index contributed by atoms with van der Waals surface area (Å²) in [5.74, 6) is -0.217. The molecule has 0 aliphatic heterocycles. The van der Waals surface area contributed by atoms with Gasteiger partial charge >= 0.3 is 0 Å². The number of ether oxygens (including phenoxy) is 1. The van der Waals surface area contributed by atoms with Gasteiger partial charge in [-0.15, -0.1) is 0 Å². The Morgan fingerprint density at radius 1 is 1.45 bits per heavy atom. The van der Waals surface area contributed by atoms with Crippen molar-refractivity contribution in [3.63, 3.8) is 0 Å². The normalized spacial score (nSPS) is 11.0. The molecule has 0 aliphatic rings. The molecule has 0 spiro atoms. The van der Waals surface area contributed by atoms with E-state index < -0.39 is 0 Å². The molecule has 0 atom stereocenters. The minimum Gasteiger partial charge on any atom is -0.395 e. The van der Waals surface area contributed by atoms with Gasteiger partial charge in [0.25, 0.3) is 5.91 Å². The van der Waals surface area contributed by atoms with Gasteiger partial charge in [-0.25, -0.2) is 0 Å². The Balaban J connectivity index is 2.29. The summed E-state index contributed by atoms with van der Waals surface area (Å²) in [5, 5.41) is 9.64. The predicted octanol–water partition coefficient (Wildman–Crippen LogP) is 1.88. The van der Waals surface area contributed by atoms with Crippen LogP contribution in [0.25, 0.3) is 0 Å². The summed E-state index contributed by atoms with van der Waals surface area (Å²) in [5.41, 5.74) is 7.50. The molecule has 1 aromatic rings. The first-order chi connectivity index (χ1) is 9.56. The molecule has 20 heavy (non-hydrogen) atoms. The SMILES string of the molecule is CCCc1[nH]nc(C(=O)NCCCCOC(C)C)c1N. The highest BCUT2D eigenvalue weighted by Gasteiger charge is 2.16. The first-order valence-corrected chi connectivity index (χ1v) is 7.28. The second-order valence-electron chi connectivity index (χ2n) is 5.10. The lowest BCUT2D eigenvalue weighted by Crippen LogP contribution is -2.26. The number of unbranched alkanes of at least 4 members (excludes halogenated alkanes) is 1. The summed E-state index contributed by atoms with van der Waals surface area (Å²) in [6.07, 6.45) is 3.83. The van der Waals surface area contributed by atoms with Gasteiger partial charge in [0.05, 0.1) is 17.5 Å². The topological polar surface area (TPSA) is 93.0 Å². The molecule has 6 heteroatoms. The molecule has 4 N–H and O–H groups in total. The number of aromatic nitrogens is 2. The third-order valence-electron chi connectivity index (χ3n) is 2.91. The number of H-pyrrole nitrogens is 1. The molecule has 0 saturated heterocycles. The number of carbonyl (C=O) groups excluding carboxylic acids is 1. The summed E-state index contributed by atoms with van der Waals surface area (Å²) >= 11 is 0. The van der Waals surface area contributed by atoms with E-state index in [1.54, 1.807) is 0 Å². The first kappa shape index (κ1) is 16.5. The first-order valence-electron chi connectivity index (χ1n) is 7.28. The van der Waals surface area contributed by atoms with Gasteiger partial charge < -0.3 is 15.8 Å². The van der Waals surface area contributed by atoms with E-state index in [9.17, 15) is 4.79 Å². The summed E-state index contributed by atoms with van der Waals surface area (Å²) in [7, 11) is 0. The van der Waals surface area contributed by atoms with Crippen molar-refractivity contribution in [2.75, 3.05) is 18.9 Å². The molecule has 0 radical (unpaired) electrons. The summed E-state index contributed by atoms with van der Waals surface area (Å²) in [6.45, 7) is 7.40. The molecule has 1 heterocycles. The predicted molar refractivity (Wildman–Crippen MR) is 79.7 cm³/mol. The molecule has 0 fully saturated rings. The van der Waals surface area contributed by atoms with Gasteiger partial charge in [0, 0.05) is 13.2 Å². The van der Waals surface area contributed by atoms with Crippen molar-refractivity contribution in [2.45, 2.75) is 52.6 Å². The lowest BCUT2D eigenvalue weighted by atomic mass is 10.2. The number of nitrogens with zero attached hydrogens (tertiary/aromatic N) is 1. The van der Waals surface area contributed by atoms with Crippen LogP contribution in [0.4, 0.5) is 5.69 Å². The standard InChI is InChI=1S/C14H26N4O2/c1-4-7-11-12(15)13(18-17-11)14(19)16-8-5-6-9-20-10(2)3/h10H,4-9,15H2,1-3H3,(H,16,19)(H,17,18). The second-order valence-corrected chi connectivity index (χ2v) is 5.10. The number of aromatic amines is 1. The lowest BCUT2D eigenvalue weighted by molar-refractivity contribution is 0.0754. The fourth-order valence-corrected chi connectivity index (χ4v) is 1.83. The molecule has 0 aliphatic carbocycles. The van der Waals surface area contributed by atoms with Crippen LogP contribution in [-0.2, 0) is 11.2 Å². The van der Waals surface area contributed by atoms with E-state index >= 15 is 0 Å². The Labute approximate surface area is 120 Å². The number of nitrogens with two attached hydrogens (primary N) is 1. The van der Waals surface area contributed by atoms with E-state index in [1.807, 2.05) is 13.8 Å². The Kier molecular flexibility index (Phi) is 7.08. The summed E-state index contributed by atoms with van der Waals surface area (Å²) < 4.78 is 5.43. The van der Waals surface area contributed by atoms with Gasteiger partial charge in [0.15, 0.2) is 5.69 Å². The van der Waals surface area contributed by atoms with Gasteiger partial charge in [-0.3, -0.25) is 9.89 Å². The Bertz CT molecular complexity index is 415. The monoisotopic (exact) mass is 282 g/mol. The molecule has 114 valence electrons. The molecule has 0 saturated carbocycles. The molecule has 1 amide bonds. The van der Waals surface area contributed by atoms with Gasteiger partial charge in [-0.05, 0) is 33.1 Å². The maximum absolute atomic E-state index is 11.9. The van der Waals surface area contributed by atoms with Crippen molar-refractivity contribution in [1.29, 1.82) is 0 Å². The molecule has 0 bridgehead atoms.